The van der Waals surface area contributed by atoms with Crippen molar-refractivity contribution >= 4 is 40.0 Å². The van der Waals surface area contributed by atoms with E-state index in [4.69, 9.17) is 21.1 Å². The predicted octanol–water partition coefficient (Wildman–Crippen LogP) is 7.28. The van der Waals surface area contributed by atoms with E-state index in [9.17, 15) is 14.2 Å². The fraction of sp³-hybridized carbons (Fsp3) is 0.632. The molecule has 2 aliphatic heterocycles. The second kappa shape index (κ2) is 17.4. The maximum absolute atomic E-state index is 13.5. The molecular formula is C38H55ClN4O5S. The fourth-order valence-corrected chi connectivity index (χ4v) is 9.14. The minimum atomic E-state index is -1.53. The van der Waals surface area contributed by atoms with Gasteiger partial charge >= 0.3 is 0 Å². The highest BCUT2D eigenvalue weighted by molar-refractivity contribution is 7.84. The largest absolute Gasteiger partial charge is 0.491 e. The summed E-state index contributed by atoms with van der Waals surface area (Å²) in [6.07, 6.45) is 7.79. The van der Waals surface area contributed by atoms with E-state index in [0.717, 1.165) is 74.5 Å². The van der Waals surface area contributed by atoms with Crippen molar-refractivity contribution in [3.05, 3.63) is 58.1 Å². The van der Waals surface area contributed by atoms with E-state index in [1.54, 1.807) is 13.2 Å². The van der Waals surface area contributed by atoms with Gasteiger partial charge in [-0.25, -0.2) is 4.21 Å². The Kier molecular flexibility index (Phi) is 13.3. The number of carbonyl (C=O) groups is 1. The summed E-state index contributed by atoms with van der Waals surface area (Å²) in [4.78, 5) is 17.9. The molecule has 5 rings (SSSR count). The normalized spacial score (nSPS) is 28.0. The molecule has 2 aromatic rings. The lowest BCUT2D eigenvalue weighted by Gasteiger charge is -2.45. The summed E-state index contributed by atoms with van der Waals surface area (Å²) < 4.78 is 28.0. The molecule has 11 heteroatoms. The third kappa shape index (κ3) is 9.11. The van der Waals surface area contributed by atoms with Crippen LogP contribution in [0.25, 0.3) is 0 Å². The smallest absolute Gasteiger partial charge is 0.263 e. The standard InChI is InChI=1S/C38H55ClN4O5S/c1-6-8-27-19-32(39)13-15-34(27)31-23-43-22-30-11-14-33(30)28(21-37(40-45)42(4)17-18-47-5)10-7-9-25(2)26(3)49(46)41-38(44)29-12-16-36(48-24-31)35(43)20-29/h12-13,15-16,19-20,25-26,28,30-31,33,45H,6-11,14,17-18,21-24H2,1-5H3,(H,41,44)/b40-37+. The Morgan fingerprint density at radius 1 is 1.16 bits per heavy atom. The van der Waals surface area contributed by atoms with Crippen LogP contribution in [0, 0.1) is 23.7 Å². The molecule has 270 valence electrons. The quantitative estimate of drug-likeness (QED) is 0.128. The maximum Gasteiger partial charge on any atom is 0.263 e. The number of fused-ring (bicyclic) bond motifs is 2. The van der Waals surface area contributed by atoms with Crippen LogP contribution in [0.4, 0.5) is 5.69 Å². The number of amidine groups is 1. The van der Waals surface area contributed by atoms with Crippen LogP contribution in [-0.2, 0) is 22.1 Å². The highest BCUT2D eigenvalue weighted by Gasteiger charge is 2.40. The highest BCUT2D eigenvalue weighted by Crippen LogP contribution is 2.46. The number of nitrogens with one attached hydrogen (secondary N) is 1. The topological polar surface area (TPSA) is 104 Å². The van der Waals surface area contributed by atoms with Crippen molar-refractivity contribution in [3.8, 4) is 5.75 Å². The molecule has 0 spiro atoms. The average Bonchev–Trinajstić information content (AvgIpc) is 3.26. The van der Waals surface area contributed by atoms with Crippen molar-refractivity contribution in [2.45, 2.75) is 83.3 Å². The number of amides is 1. The van der Waals surface area contributed by atoms with Gasteiger partial charge in [0.05, 0.1) is 24.2 Å². The van der Waals surface area contributed by atoms with Gasteiger partial charge < -0.3 is 24.5 Å². The number of rotatable bonds is 8. The van der Waals surface area contributed by atoms with Gasteiger partial charge in [0.1, 0.15) is 22.6 Å². The lowest BCUT2D eigenvalue weighted by atomic mass is 9.64. The molecule has 7 unspecified atom stereocenters. The van der Waals surface area contributed by atoms with Gasteiger partial charge in [-0.3, -0.25) is 9.52 Å². The van der Waals surface area contributed by atoms with Crippen molar-refractivity contribution in [3.63, 3.8) is 0 Å². The number of hydrogen-bond acceptors (Lipinski definition) is 7. The van der Waals surface area contributed by atoms with Crippen molar-refractivity contribution in [1.82, 2.24) is 9.62 Å². The number of oxime groups is 1. The van der Waals surface area contributed by atoms with Crippen LogP contribution in [0.2, 0.25) is 5.02 Å². The van der Waals surface area contributed by atoms with Gasteiger partial charge in [0.2, 0.25) is 0 Å². The maximum atomic E-state index is 13.5. The van der Waals surface area contributed by atoms with E-state index in [1.165, 1.54) is 11.1 Å². The Hall–Kier alpha value is -2.82. The SMILES string of the molecule is CCCc1cc(Cl)ccc1C1COc2ccc3cc2N(C1)CC1CCC1C(C/C(=N\O)N(C)CCOC)CCCC(C)C(C)S(=O)NC3=O. The molecule has 2 bridgehead atoms. The number of nitrogens with zero attached hydrogens (tertiary/aromatic N) is 3. The number of likely N-dealkylation sites (N-methyl/N-ethyl adjacent to an activating group) is 1. The first-order valence-corrected chi connectivity index (χ1v) is 19.6. The number of hydrogen-bond donors (Lipinski definition) is 2. The van der Waals surface area contributed by atoms with Crippen LogP contribution in [0.5, 0.6) is 5.75 Å². The second-order valence-electron chi connectivity index (χ2n) is 14.4. The molecule has 49 heavy (non-hydrogen) atoms. The van der Waals surface area contributed by atoms with E-state index in [0.29, 0.717) is 55.3 Å². The molecule has 9 nitrogen and oxygen atoms in total. The minimum absolute atomic E-state index is 0.112. The zero-order valence-electron chi connectivity index (χ0n) is 29.8. The van der Waals surface area contributed by atoms with Crippen molar-refractivity contribution < 1.29 is 23.7 Å². The number of carbonyl (C=O) groups excluding carboxylic acids is 1. The fourth-order valence-electron chi connectivity index (χ4n) is 7.90. The Morgan fingerprint density at radius 2 is 1.98 bits per heavy atom. The first kappa shape index (κ1) is 37.4. The molecule has 1 aliphatic carbocycles. The third-order valence-corrected chi connectivity index (χ3v) is 13.0. The van der Waals surface area contributed by atoms with Crippen LogP contribution in [0.3, 0.4) is 0 Å². The number of aryl methyl sites for hydroxylation is 1. The predicted molar refractivity (Wildman–Crippen MR) is 198 cm³/mol. The van der Waals surface area contributed by atoms with E-state index in [-0.39, 0.29) is 23.0 Å². The first-order chi connectivity index (χ1) is 23.6. The molecular weight excluding hydrogens is 660 g/mol. The lowest BCUT2D eigenvalue weighted by molar-refractivity contribution is 0.0980. The zero-order chi connectivity index (χ0) is 35.1. The molecule has 0 saturated heterocycles. The summed E-state index contributed by atoms with van der Waals surface area (Å²) in [5.74, 6) is 2.65. The molecule has 2 heterocycles. The van der Waals surface area contributed by atoms with E-state index >= 15 is 0 Å². The molecule has 1 saturated carbocycles. The molecule has 2 aromatic carbocycles. The van der Waals surface area contributed by atoms with Crippen LogP contribution in [0.15, 0.2) is 41.6 Å². The summed E-state index contributed by atoms with van der Waals surface area (Å²) in [6.45, 7) is 9.58. The monoisotopic (exact) mass is 714 g/mol. The minimum Gasteiger partial charge on any atom is -0.491 e. The number of ether oxygens (including phenoxy) is 2. The van der Waals surface area contributed by atoms with Gasteiger partial charge in [-0.1, -0.05) is 49.5 Å². The average molecular weight is 715 g/mol. The summed E-state index contributed by atoms with van der Waals surface area (Å²) in [7, 11) is 2.12. The lowest BCUT2D eigenvalue weighted by Crippen LogP contribution is -2.44. The molecule has 1 amide bonds. The molecule has 2 N–H and O–H groups in total. The van der Waals surface area contributed by atoms with Crippen LogP contribution in [-0.4, -0.2) is 78.3 Å². The van der Waals surface area contributed by atoms with Crippen LogP contribution >= 0.6 is 11.6 Å². The summed E-state index contributed by atoms with van der Waals surface area (Å²) in [5.41, 5.74) is 3.90. The summed E-state index contributed by atoms with van der Waals surface area (Å²) >= 11 is 6.46. The first-order valence-electron chi connectivity index (χ1n) is 18.1. The van der Waals surface area contributed by atoms with E-state index in [1.807, 2.05) is 37.1 Å². The van der Waals surface area contributed by atoms with Gasteiger partial charge in [-0.05, 0) is 104 Å². The molecule has 7 atom stereocenters. The summed E-state index contributed by atoms with van der Waals surface area (Å²) in [5, 5.41) is 14.4. The van der Waals surface area contributed by atoms with Gasteiger partial charge in [-0.2, -0.15) is 0 Å². The van der Waals surface area contributed by atoms with Crippen molar-refractivity contribution in [1.29, 1.82) is 0 Å². The number of benzene rings is 2. The Labute approximate surface area is 300 Å². The van der Waals surface area contributed by atoms with Crippen molar-refractivity contribution in [2.24, 2.45) is 28.8 Å². The Balaban J connectivity index is 1.51. The van der Waals surface area contributed by atoms with Gasteiger partial charge in [0.15, 0.2) is 0 Å². The van der Waals surface area contributed by atoms with E-state index < -0.39 is 11.0 Å². The number of halogens is 1. The molecule has 0 aromatic heterocycles. The van der Waals surface area contributed by atoms with E-state index in [2.05, 4.69) is 40.8 Å². The van der Waals surface area contributed by atoms with Crippen LogP contribution < -0.4 is 14.4 Å². The molecule has 0 radical (unpaired) electrons. The Morgan fingerprint density at radius 3 is 2.69 bits per heavy atom. The summed E-state index contributed by atoms with van der Waals surface area (Å²) in [6, 6.07) is 11.8. The third-order valence-electron chi connectivity index (χ3n) is 11.2. The second-order valence-corrected chi connectivity index (χ2v) is 16.4. The number of methoxy groups -OCH3 is 1. The van der Waals surface area contributed by atoms with Gasteiger partial charge in [-0.15, -0.1) is 0 Å². The molecule has 1 fully saturated rings. The Bertz CT molecular complexity index is 1490. The molecule has 3 aliphatic rings. The van der Waals surface area contributed by atoms with Crippen LogP contribution in [0.1, 0.15) is 93.1 Å². The van der Waals surface area contributed by atoms with Crippen molar-refractivity contribution in [2.75, 3.05) is 51.9 Å². The highest BCUT2D eigenvalue weighted by atomic mass is 35.5. The number of anilines is 1. The van der Waals surface area contributed by atoms with Gasteiger partial charge in [0, 0.05) is 56.7 Å². The van der Waals surface area contributed by atoms with Gasteiger partial charge in [0.25, 0.3) is 5.91 Å². The zero-order valence-corrected chi connectivity index (χ0v) is 31.4.